The molecular weight excluding hydrogens is 326 g/mol. The Bertz CT molecular complexity index is 759. The lowest BCUT2D eigenvalue weighted by Gasteiger charge is -2.20. The molecule has 0 radical (unpaired) electrons. The summed E-state index contributed by atoms with van der Waals surface area (Å²) in [4.78, 5) is 10.7. The number of hydrogen-bond acceptors (Lipinski definition) is 3. The van der Waals surface area contributed by atoms with Crippen LogP contribution in [0.25, 0.3) is 0 Å². The average molecular weight is 353 g/mol. The van der Waals surface area contributed by atoms with Crippen LogP contribution in [0.2, 0.25) is 0 Å². The third-order valence-corrected chi connectivity index (χ3v) is 5.15. The van der Waals surface area contributed by atoms with Crippen LogP contribution in [0, 0.1) is 6.92 Å². The fraction of sp³-hybridized carbons (Fsp3) is 0.409. The molecule has 4 nitrogen and oxygen atoms in total. The minimum atomic E-state index is -0.953. The highest BCUT2D eigenvalue weighted by Gasteiger charge is 2.27. The summed E-state index contributed by atoms with van der Waals surface area (Å²) in [6, 6.07) is 17.4. The van der Waals surface area contributed by atoms with E-state index in [1.54, 1.807) is 0 Å². The Morgan fingerprint density at radius 2 is 2.04 bits per heavy atom. The molecule has 0 spiro atoms. The van der Waals surface area contributed by atoms with Gasteiger partial charge in [0.2, 0.25) is 0 Å². The molecule has 2 unspecified atom stereocenters. The second-order valence-corrected chi connectivity index (χ2v) is 7.26. The van der Waals surface area contributed by atoms with E-state index in [9.17, 15) is 4.79 Å². The largest absolute Gasteiger partial charge is 0.482 e. The van der Waals surface area contributed by atoms with E-state index in [1.807, 2.05) is 18.2 Å². The van der Waals surface area contributed by atoms with Gasteiger partial charge in [-0.15, -0.1) is 0 Å². The molecule has 26 heavy (non-hydrogen) atoms. The predicted octanol–water partition coefficient (Wildman–Crippen LogP) is 4.45. The molecule has 1 fully saturated rings. The zero-order valence-corrected chi connectivity index (χ0v) is 15.4. The van der Waals surface area contributed by atoms with Crippen LogP contribution in [0.5, 0.6) is 5.75 Å². The van der Waals surface area contributed by atoms with Crippen LogP contribution in [0.1, 0.15) is 54.8 Å². The molecule has 2 aromatic rings. The van der Waals surface area contributed by atoms with Crippen molar-refractivity contribution in [3.8, 4) is 5.75 Å². The molecule has 0 amide bonds. The lowest BCUT2D eigenvalue weighted by Crippen LogP contribution is -2.29. The quantitative estimate of drug-likeness (QED) is 0.772. The van der Waals surface area contributed by atoms with Crippen LogP contribution >= 0.6 is 0 Å². The maximum Gasteiger partial charge on any atom is 0.341 e. The molecule has 4 heteroatoms. The number of rotatable bonds is 7. The summed E-state index contributed by atoms with van der Waals surface area (Å²) in [7, 11) is 0. The van der Waals surface area contributed by atoms with Gasteiger partial charge in [-0.2, -0.15) is 0 Å². The van der Waals surface area contributed by atoms with Gasteiger partial charge in [-0.1, -0.05) is 42.0 Å². The Labute approximate surface area is 155 Å². The van der Waals surface area contributed by atoms with Crippen molar-refractivity contribution in [1.82, 2.24) is 5.32 Å². The molecule has 0 aliphatic heterocycles. The molecule has 0 saturated heterocycles. The minimum absolute atomic E-state index is 0.299. The van der Waals surface area contributed by atoms with Gasteiger partial charge in [0.15, 0.2) is 6.61 Å². The van der Waals surface area contributed by atoms with Gasteiger partial charge >= 0.3 is 5.97 Å². The lowest BCUT2D eigenvalue weighted by atomic mass is 9.97. The first-order valence-electron chi connectivity index (χ1n) is 9.28. The van der Waals surface area contributed by atoms with E-state index in [2.05, 4.69) is 49.5 Å². The summed E-state index contributed by atoms with van der Waals surface area (Å²) in [5.41, 5.74) is 3.86. The molecule has 138 valence electrons. The molecule has 2 N–H and O–H groups in total. The number of aliphatic carboxylic acids is 1. The lowest BCUT2D eigenvalue weighted by molar-refractivity contribution is -0.139. The molecule has 1 saturated carbocycles. The molecule has 2 aromatic carbocycles. The maximum absolute atomic E-state index is 10.7. The van der Waals surface area contributed by atoms with Crippen molar-refractivity contribution in [2.45, 2.75) is 51.1 Å². The van der Waals surface area contributed by atoms with Gasteiger partial charge in [0, 0.05) is 12.1 Å². The Balaban J connectivity index is 1.58. The number of carboxylic acid groups (broad SMARTS) is 1. The summed E-state index contributed by atoms with van der Waals surface area (Å²) in [6.07, 6.45) is 3.39. The number of aryl methyl sites for hydroxylation is 1. The molecule has 1 aliphatic carbocycles. The first kappa shape index (κ1) is 18.5. The van der Waals surface area contributed by atoms with Gasteiger partial charge in [0.25, 0.3) is 0 Å². The third kappa shape index (κ3) is 4.85. The highest BCUT2D eigenvalue weighted by atomic mass is 16.5. The van der Waals surface area contributed by atoms with Crippen molar-refractivity contribution < 1.29 is 14.6 Å². The van der Waals surface area contributed by atoms with Gasteiger partial charge in [-0.3, -0.25) is 0 Å². The zero-order valence-electron chi connectivity index (χ0n) is 15.4. The van der Waals surface area contributed by atoms with Gasteiger partial charge in [0.1, 0.15) is 5.75 Å². The molecular formula is C22H27NO3. The van der Waals surface area contributed by atoms with Crippen LogP contribution in [-0.4, -0.2) is 23.7 Å². The van der Waals surface area contributed by atoms with Gasteiger partial charge < -0.3 is 15.2 Å². The summed E-state index contributed by atoms with van der Waals surface area (Å²) in [5, 5.41) is 12.5. The van der Waals surface area contributed by atoms with Crippen molar-refractivity contribution in [3.05, 3.63) is 65.2 Å². The molecule has 0 bridgehead atoms. The maximum atomic E-state index is 10.7. The summed E-state index contributed by atoms with van der Waals surface area (Å²) in [6.45, 7) is 4.05. The van der Waals surface area contributed by atoms with Crippen LogP contribution < -0.4 is 10.1 Å². The topological polar surface area (TPSA) is 58.6 Å². The zero-order chi connectivity index (χ0) is 18.5. The number of benzene rings is 2. The standard InChI is InChI=1S/C22H27NO3/c1-15-5-3-6-17(11-15)16(2)23-20-10-9-19(12-20)18-7-4-8-21(13-18)26-14-22(24)25/h3-8,11,13,16,19-20,23H,9-10,12,14H2,1-2H3,(H,24,25)/t16-,19?,20?/m1/s1. The fourth-order valence-corrected chi connectivity index (χ4v) is 3.83. The highest BCUT2D eigenvalue weighted by Crippen LogP contribution is 2.36. The van der Waals surface area contributed by atoms with E-state index in [-0.39, 0.29) is 6.61 Å². The first-order valence-corrected chi connectivity index (χ1v) is 9.28. The molecule has 1 aliphatic rings. The van der Waals surface area contributed by atoms with Crippen molar-refractivity contribution in [3.63, 3.8) is 0 Å². The monoisotopic (exact) mass is 353 g/mol. The number of carboxylic acids is 1. The van der Waals surface area contributed by atoms with Crippen LogP contribution in [0.4, 0.5) is 0 Å². The summed E-state index contributed by atoms with van der Waals surface area (Å²) >= 11 is 0. The Morgan fingerprint density at radius 1 is 1.23 bits per heavy atom. The van der Waals surface area contributed by atoms with Crippen molar-refractivity contribution in [1.29, 1.82) is 0 Å². The van der Waals surface area contributed by atoms with Crippen LogP contribution in [-0.2, 0) is 4.79 Å². The van der Waals surface area contributed by atoms with E-state index in [1.165, 1.54) is 16.7 Å². The summed E-state index contributed by atoms with van der Waals surface area (Å²) in [5.74, 6) is 0.172. The van der Waals surface area contributed by atoms with Crippen LogP contribution in [0.15, 0.2) is 48.5 Å². The third-order valence-electron chi connectivity index (χ3n) is 5.15. The molecule has 0 aromatic heterocycles. The van der Waals surface area contributed by atoms with E-state index in [0.29, 0.717) is 23.8 Å². The van der Waals surface area contributed by atoms with E-state index in [4.69, 9.17) is 9.84 Å². The summed E-state index contributed by atoms with van der Waals surface area (Å²) < 4.78 is 5.31. The molecule has 3 rings (SSSR count). The number of ether oxygens (including phenoxy) is 1. The van der Waals surface area contributed by atoms with E-state index >= 15 is 0 Å². The van der Waals surface area contributed by atoms with E-state index < -0.39 is 5.97 Å². The molecule has 3 atom stereocenters. The second kappa shape index (κ2) is 8.37. The van der Waals surface area contributed by atoms with E-state index in [0.717, 1.165) is 19.3 Å². The SMILES string of the molecule is Cc1cccc([C@@H](C)NC2CCC(c3cccc(OCC(=O)O)c3)C2)c1. The Morgan fingerprint density at radius 3 is 2.81 bits per heavy atom. The van der Waals surface area contributed by atoms with Gasteiger partial charge in [-0.25, -0.2) is 4.79 Å². The van der Waals surface area contributed by atoms with Crippen molar-refractivity contribution in [2.75, 3.05) is 6.61 Å². The second-order valence-electron chi connectivity index (χ2n) is 7.26. The number of carbonyl (C=O) groups is 1. The highest BCUT2D eigenvalue weighted by molar-refractivity contribution is 5.68. The predicted molar refractivity (Wildman–Crippen MR) is 103 cm³/mol. The smallest absolute Gasteiger partial charge is 0.341 e. The van der Waals surface area contributed by atoms with Crippen molar-refractivity contribution in [2.24, 2.45) is 0 Å². The number of hydrogen-bond donors (Lipinski definition) is 2. The number of nitrogens with one attached hydrogen (secondary N) is 1. The Kier molecular flexibility index (Phi) is 5.94. The first-order chi connectivity index (χ1) is 12.5. The van der Waals surface area contributed by atoms with Crippen molar-refractivity contribution >= 4 is 5.97 Å². The van der Waals surface area contributed by atoms with Gasteiger partial charge in [-0.05, 0) is 62.3 Å². The van der Waals surface area contributed by atoms with Gasteiger partial charge in [0.05, 0.1) is 0 Å². The fourth-order valence-electron chi connectivity index (χ4n) is 3.83. The normalized spacial score (nSPS) is 20.7. The van der Waals surface area contributed by atoms with Crippen LogP contribution in [0.3, 0.4) is 0 Å². The minimum Gasteiger partial charge on any atom is -0.482 e. The molecule has 0 heterocycles. The Hall–Kier alpha value is -2.33. The average Bonchev–Trinajstić information content (AvgIpc) is 3.09.